The largest absolute Gasteiger partial charge is 2.00 e. The van der Waals surface area contributed by atoms with Crippen molar-refractivity contribution in [3.8, 4) is 0 Å². The third kappa shape index (κ3) is 31.8. The van der Waals surface area contributed by atoms with E-state index in [2.05, 4.69) is 4.31 Å². The Kier molecular flexibility index (Phi) is 22.4. The predicted octanol–water partition coefficient (Wildman–Crippen LogP) is -3.02. The van der Waals surface area contributed by atoms with Crippen molar-refractivity contribution >= 4 is 15.6 Å². The van der Waals surface area contributed by atoms with Crippen molar-refractivity contribution in [2.75, 3.05) is 0 Å². The van der Waals surface area contributed by atoms with Crippen molar-refractivity contribution < 1.29 is 72.0 Å². The van der Waals surface area contributed by atoms with E-state index in [1.54, 1.807) is 0 Å². The average molecular weight is 339 g/mol. The summed E-state index contributed by atoms with van der Waals surface area (Å²) in [6, 6.07) is 0. The van der Waals surface area contributed by atoms with Crippen molar-refractivity contribution in [3.05, 3.63) is 0 Å². The molecule has 9 nitrogen and oxygen atoms in total. The molecule has 13 heavy (non-hydrogen) atoms. The van der Waals surface area contributed by atoms with Crippen LogP contribution in [0.25, 0.3) is 0 Å². The van der Waals surface area contributed by atoms with E-state index in [4.69, 9.17) is 0 Å². The van der Waals surface area contributed by atoms with Crippen molar-refractivity contribution in [3.63, 3.8) is 0 Å². The summed E-state index contributed by atoms with van der Waals surface area (Å²) < 4.78 is 21.2. The summed E-state index contributed by atoms with van der Waals surface area (Å²) in [5.41, 5.74) is 0. The zero-order valence-electron chi connectivity index (χ0n) is 6.58. The smallest absolute Gasteiger partial charge is 0.790 e. The minimum Gasteiger partial charge on any atom is -0.790 e. The van der Waals surface area contributed by atoms with Gasteiger partial charge in [-0.3, -0.25) is 0 Å². The molecular formula is H6N2O7P2Zn2. The maximum atomic E-state index is 9.32. The van der Waals surface area contributed by atoms with Crippen molar-refractivity contribution in [2.24, 2.45) is 0 Å². The molecule has 0 bridgehead atoms. The standard InChI is InChI=1S/2H3N.H4O7P2.2Zn/c;;1-8(2,3)7-9(4,5)6;;/h2*1H3;(H2,1,2,3)(H2,4,5,6);;/q;;;2*+2/p-4. The van der Waals surface area contributed by atoms with E-state index in [0.717, 1.165) is 0 Å². The van der Waals surface area contributed by atoms with E-state index < -0.39 is 15.6 Å². The molecule has 0 rings (SSSR count). The van der Waals surface area contributed by atoms with E-state index in [9.17, 15) is 28.7 Å². The van der Waals surface area contributed by atoms with Crippen LogP contribution in [0.3, 0.4) is 0 Å². The van der Waals surface area contributed by atoms with Crippen LogP contribution >= 0.6 is 15.6 Å². The van der Waals surface area contributed by atoms with Gasteiger partial charge in [0, 0.05) is 0 Å². The van der Waals surface area contributed by atoms with E-state index in [0.29, 0.717) is 0 Å². The predicted molar refractivity (Wildman–Crippen MR) is 26.3 cm³/mol. The maximum Gasteiger partial charge on any atom is 2.00 e. The van der Waals surface area contributed by atoms with Crippen LogP contribution in [0.2, 0.25) is 0 Å². The minimum absolute atomic E-state index is 0. The SMILES string of the molecule is N.N.O=P([O-])([O-])OP(=O)([O-])[O-].[Zn+2].[Zn+2]. The Morgan fingerprint density at radius 2 is 0.923 bits per heavy atom. The summed E-state index contributed by atoms with van der Waals surface area (Å²) in [6.45, 7) is 0. The van der Waals surface area contributed by atoms with E-state index in [1.165, 1.54) is 0 Å². The van der Waals surface area contributed by atoms with Gasteiger partial charge in [0.25, 0.3) is 0 Å². The molecule has 72 valence electrons. The topological polar surface area (TPSA) is 206 Å². The fraction of sp³-hybridized carbons (Fsp3) is 0. The van der Waals surface area contributed by atoms with Gasteiger partial charge in [-0.15, -0.1) is 0 Å². The average Bonchev–Trinajstić information content (AvgIpc) is 1.14. The Morgan fingerprint density at radius 3 is 0.923 bits per heavy atom. The van der Waals surface area contributed by atoms with E-state index in [-0.39, 0.29) is 51.3 Å². The van der Waals surface area contributed by atoms with Gasteiger partial charge in [0.05, 0.1) is 15.6 Å². The molecule has 0 heterocycles. The quantitative estimate of drug-likeness (QED) is 0.387. The molecule has 6 N–H and O–H groups in total. The minimum atomic E-state index is -5.68. The molecule has 0 unspecified atom stereocenters. The molecule has 0 aromatic rings. The molecule has 0 radical (unpaired) electrons. The van der Waals surface area contributed by atoms with Gasteiger partial charge in [-0.25, -0.2) is 0 Å². The Labute approximate surface area is 99.8 Å². The van der Waals surface area contributed by atoms with Gasteiger partial charge in [-0.05, 0) is 0 Å². The second-order valence-corrected chi connectivity index (χ2v) is 3.42. The summed E-state index contributed by atoms with van der Waals surface area (Å²) in [4.78, 5) is 37.3. The van der Waals surface area contributed by atoms with Crippen LogP contribution in [-0.2, 0) is 52.4 Å². The monoisotopic (exact) mass is 336 g/mol. The Bertz CT molecular complexity index is 163. The molecule has 13 heteroatoms. The Morgan fingerprint density at radius 1 is 0.769 bits per heavy atom. The maximum absolute atomic E-state index is 9.32. The van der Waals surface area contributed by atoms with Crippen molar-refractivity contribution in [1.29, 1.82) is 0 Å². The second-order valence-electron chi connectivity index (χ2n) is 0.976. The summed E-state index contributed by atoms with van der Waals surface area (Å²) >= 11 is 0. The number of rotatable bonds is 2. The van der Waals surface area contributed by atoms with E-state index in [1.807, 2.05) is 0 Å². The summed E-state index contributed by atoms with van der Waals surface area (Å²) in [5.74, 6) is 0. The molecule has 0 aromatic heterocycles. The van der Waals surface area contributed by atoms with Crippen molar-refractivity contribution in [2.45, 2.75) is 0 Å². The second kappa shape index (κ2) is 9.96. The first kappa shape index (κ1) is 29.3. The third-order valence-corrected chi connectivity index (χ3v) is 1.80. The van der Waals surface area contributed by atoms with Crippen molar-refractivity contribution in [1.82, 2.24) is 12.3 Å². The number of phosphoric acid groups is 2. The third-order valence-electron chi connectivity index (χ3n) is 0.200. The summed E-state index contributed by atoms with van der Waals surface area (Å²) in [5, 5.41) is 0. The molecule has 0 atom stereocenters. The van der Waals surface area contributed by atoms with Gasteiger partial charge in [-0.2, -0.15) is 0 Å². The van der Waals surface area contributed by atoms with Crippen LogP contribution in [-0.4, -0.2) is 0 Å². The molecule has 0 saturated heterocycles. The van der Waals surface area contributed by atoms with Gasteiger partial charge in [0.1, 0.15) is 0 Å². The number of hydrogen-bond donors (Lipinski definition) is 2. The zero-order valence-corrected chi connectivity index (χ0v) is 14.3. The fourth-order valence-electron chi connectivity index (χ4n) is 0.122. The first-order chi connectivity index (χ1) is 3.71. The van der Waals surface area contributed by atoms with Gasteiger partial charge in [0.2, 0.25) is 0 Å². The Balaban J connectivity index is -0.0000000533. The van der Waals surface area contributed by atoms with Gasteiger partial charge in [0.15, 0.2) is 0 Å². The normalized spacial score (nSPS) is 9.54. The van der Waals surface area contributed by atoms with E-state index >= 15 is 0 Å². The van der Waals surface area contributed by atoms with Gasteiger partial charge < -0.3 is 45.3 Å². The van der Waals surface area contributed by atoms with Crippen LogP contribution in [0.15, 0.2) is 0 Å². The van der Waals surface area contributed by atoms with Crippen LogP contribution in [0, 0.1) is 0 Å². The first-order valence-corrected chi connectivity index (χ1v) is 4.38. The molecule has 0 saturated carbocycles. The van der Waals surface area contributed by atoms with Gasteiger partial charge >= 0.3 is 39.0 Å². The van der Waals surface area contributed by atoms with Crippen LogP contribution in [0.1, 0.15) is 0 Å². The van der Waals surface area contributed by atoms with Gasteiger partial charge in [-0.1, -0.05) is 0 Å². The molecule has 0 aliphatic heterocycles. The molecule has 0 aliphatic carbocycles. The summed E-state index contributed by atoms with van der Waals surface area (Å²) in [7, 11) is -11.4. The van der Waals surface area contributed by atoms with Crippen LogP contribution < -0.4 is 31.9 Å². The number of hydrogen-bond acceptors (Lipinski definition) is 9. The molecule has 0 amide bonds. The molecular weight excluding hydrogens is 333 g/mol. The molecule has 0 aromatic carbocycles. The zero-order chi connectivity index (χ0) is 7.71. The fourth-order valence-corrected chi connectivity index (χ4v) is 1.10. The Hall–Kier alpha value is 1.43. The molecule has 0 aliphatic rings. The van der Waals surface area contributed by atoms with Crippen LogP contribution in [0.4, 0.5) is 0 Å². The summed E-state index contributed by atoms with van der Waals surface area (Å²) in [6.07, 6.45) is 0. The molecule has 0 fully saturated rings. The first-order valence-electron chi connectivity index (χ1n) is 1.46. The van der Waals surface area contributed by atoms with Crippen LogP contribution in [0.5, 0.6) is 0 Å². The molecule has 0 spiro atoms.